The topological polar surface area (TPSA) is 32.8 Å². The summed E-state index contributed by atoms with van der Waals surface area (Å²) in [7, 11) is 0. The van der Waals surface area contributed by atoms with E-state index in [2.05, 4.69) is 4.90 Å². The number of morpholine rings is 1. The molecule has 0 radical (unpaired) electrons. The van der Waals surface area contributed by atoms with Gasteiger partial charge in [0.05, 0.1) is 24.3 Å². The van der Waals surface area contributed by atoms with E-state index in [-0.39, 0.29) is 12.1 Å². The molecule has 0 saturated carbocycles. The van der Waals surface area contributed by atoms with Crippen molar-refractivity contribution in [3.63, 3.8) is 0 Å². The molecule has 2 aromatic rings. The zero-order valence-corrected chi connectivity index (χ0v) is 15.8. The number of amides is 1. The summed E-state index contributed by atoms with van der Waals surface area (Å²) < 4.78 is 57.8. The van der Waals surface area contributed by atoms with Gasteiger partial charge in [0.1, 0.15) is 5.82 Å². The molecule has 0 N–H and O–H groups in total. The van der Waals surface area contributed by atoms with Crippen molar-refractivity contribution in [1.82, 2.24) is 9.80 Å². The third-order valence-electron chi connectivity index (χ3n) is 4.84. The fourth-order valence-corrected chi connectivity index (χ4v) is 3.16. The first-order valence-corrected chi connectivity index (χ1v) is 9.34. The Morgan fingerprint density at radius 3 is 2.31 bits per heavy atom. The average molecular weight is 410 g/mol. The summed E-state index contributed by atoms with van der Waals surface area (Å²) in [6.07, 6.45) is -4.42. The van der Waals surface area contributed by atoms with Gasteiger partial charge in [-0.05, 0) is 29.8 Å². The number of ether oxygens (including phenoxy) is 1. The van der Waals surface area contributed by atoms with Crippen LogP contribution in [0.25, 0.3) is 0 Å². The molecule has 4 nitrogen and oxygen atoms in total. The smallest absolute Gasteiger partial charge is 0.379 e. The van der Waals surface area contributed by atoms with E-state index in [0.717, 1.165) is 25.2 Å². The van der Waals surface area contributed by atoms with Crippen LogP contribution in [0.3, 0.4) is 0 Å². The van der Waals surface area contributed by atoms with Gasteiger partial charge in [0.15, 0.2) is 0 Å². The van der Waals surface area contributed by atoms with Crippen LogP contribution in [0.4, 0.5) is 17.6 Å². The Kier molecular flexibility index (Phi) is 6.87. The number of benzene rings is 2. The van der Waals surface area contributed by atoms with Crippen LogP contribution in [0.2, 0.25) is 0 Å². The molecule has 1 amide bonds. The molecule has 1 saturated heterocycles. The van der Waals surface area contributed by atoms with Crippen LogP contribution >= 0.6 is 0 Å². The zero-order chi connectivity index (χ0) is 20.9. The molecular formula is C21H22F4N2O2. The van der Waals surface area contributed by atoms with Gasteiger partial charge in [0.2, 0.25) is 0 Å². The molecule has 1 aliphatic rings. The van der Waals surface area contributed by atoms with Crippen LogP contribution in [0.15, 0.2) is 48.5 Å². The van der Waals surface area contributed by atoms with Crippen molar-refractivity contribution in [2.45, 2.75) is 12.7 Å². The summed E-state index contributed by atoms with van der Waals surface area (Å²) in [5.74, 6) is -1.11. The van der Waals surface area contributed by atoms with Crippen molar-refractivity contribution >= 4 is 5.91 Å². The van der Waals surface area contributed by atoms with Crippen molar-refractivity contribution in [3.8, 4) is 0 Å². The van der Waals surface area contributed by atoms with Crippen molar-refractivity contribution < 1.29 is 27.1 Å². The Bertz CT molecular complexity index is 818. The number of carbonyl (C=O) groups is 1. The van der Waals surface area contributed by atoms with Gasteiger partial charge in [-0.2, -0.15) is 13.2 Å². The molecular weight excluding hydrogens is 388 g/mol. The molecule has 1 heterocycles. The molecule has 1 fully saturated rings. The first kappa shape index (κ1) is 21.3. The van der Waals surface area contributed by atoms with E-state index in [1.54, 1.807) is 6.07 Å². The van der Waals surface area contributed by atoms with E-state index in [1.807, 2.05) is 0 Å². The third kappa shape index (κ3) is 5.77. The van der Waals surface area contributed by atoms with Gasteiger partial charge >= 0.3 is 6.18 Å². The molecule has 0 spiro atoms. The lowest BCUT2D eigenvalue weighted by molar-refractivity contribution is -0.137. The van der Waals surface area contributed by atoms with Crippen LogP contribution in [0.5, 0.6) is 0 Å². The van der Waals surface area contributed by atoms with Crippen molar-refractivity contribution in [2.75, 3.05) is 39.4 Å². The van der Waals surface area contributed by atoms with Crippen molar-refractivity contribution in [1.29, 1.82) is 0 Å². The summed E-state index contributed by atoms with van der Waals surface area (Å²) in [6.45, 7) is 3.69. The predicted molar refractivity (Wildman–Crippen MR) is 99.8 cm³/mol. The number of hydrogen-bond donors (Lipinski definition) is 0. The van der Waals surface area contributed by atoms with E-state index in [9.17, 15) is 22.4 Å². The minimum Gasteiger partial charge on any atom is -0.379 e. The molecule has 156 valence electrons. The summed E-state index contributed by atoms with van der Waals surface area (Å²) in [5, 5.41) is 0. The van der Waals surface area contributed by atoms with Gasteiger partial charge in [-0.25, -0.2) is 4.39 Å². The molecule has 8 heteroatoms. The molecule has 0 aromatic heterocycles. The highest BCUT2D eigenvalue weighted by molar-refractivity contribution is 5.94. The molecule has 0 unspecified atom stereocenters. The highest BCUT2D eigenvalue weighted by Crippen LogP contribution is 2.29. The Labute approximate surface area is 166 Å². The van der Waals surface area contributed by atoms with Crippen LogP contribution in [-0.2, 0) is 17.5 Å². The first-order valence-electron chi connectivity index (χ1n) is 9.34. The number of rotatable bonds is 6. The fraction of sp³-hybridized carbons (Fsp3) is 0.381. The van der Waals surface area contributed by atoms with E-state index in [0.29, 0.717) is 31.9 Å². The number of nitrogens with zero attached hydrogens (tertiary/aromatic N) is 2. The molecule has 29 heavy (non-hydrogen) atoms. The fourth-order valence-electron chi connectivity index (χ4n) is 3.16. The van der Waals surface area contributed by atoms with Gasteiger partial charge in [-0.3, -0.25) is 9.69 Å². The average Bonchev–Trinajstić information content (AvgIpc) is 2.71. The van der Waals surface area contributed by atoms with Crippen LogP contribution in [0, 0.1) is 5.82 Å². The standard InChI is InChI=1S/C21H22F4N2O2/c22-19-4-2-1-3-18(19)20(28)27(10-9-26-11-13-29-14-12-26)15-16-5-7-17(8-6-16)21(23,24)25/h1-8H,9-15H2. The normalized spacial score (nSPS) is 15.3. The van der Waals surface area contributed by atoms with Crippen molar-refractivity contribution in [2.24, 2.45) is 0 Å². The zero-order valence-electron chi connectivity index (χ0n) is 15.8. The number of halogens is 4. The van der Waals surface area contributed by atoms with E-state index >= 15 is 0 Å². The monoisotopic (exact) mass is 410 g/mol. The van der Waals surface area contributed by atoms with Gasteiger partial charge in [-0.1, -0.05) is 24.3 Å². The number of hydrogen-bond acceptors (Lipinski definition) is 3. The Hall–Kier alpha value is -2.45. The molecule has 2 aromatic carbocycles. The summed E-state index contributed by atoms with van der Waals surface area (Å²) in [4.78, 5) is 16.5. The summed E-state index contributed by atoms with van der Waals surface area (Å²) >= 11 is 0. The van der Waals surface area contributed by atoms with Gasteiger partial charge in [-0.15, -0.1) is 0 Å². The van der Waals surface area contributed by atoms with E-state index < -0.39 is 23.5 Å². The molecule has 0 bridgehead atoms. The second-order valence-electron chi connectivity index (χ2n) is 6.86. The third-order valence-corrected chi connectivity index (χ3v) is 4.84. The SMILES string of the molecule is O=C(c1ccccc1F)N(CCN1CCOCC1)Cc1ccc(C(F)(F)F)cc1. The van der Waals surface area contributed by atoms with Crippen LogP contribution in [0.1, 0.15) is 21.5 Å². The Morgan fingerprint density at radius 2 is 1.69 bits per heavy atom. The number of carbonyl (C=O) groups excluding carboxylic acids is 1. The largest absolute Gasteiger partial charge is 0.416 e. The molecule has 0 atom stereocenters. The highest BCUT2D eigenvalue weighted by atomic mass is 19.4. The highest BCUT2D eigenvalue weighted by Gasteiger charge is 2.30. The summed E-state index contributed by atoms with van der Waals surface area (Å²) in [5.41, 5.74) is -0.257. The van der Waals surface area contributed by atoms with E-state index in [4.69, 9.17) is 4.74 Å². The quantitative estimate of drug-likeness (QED) is 0.679. The van der Waals surface area contributed by atoms with Gasteiger partial charge in [0.25, 0.3) is 5.91 Å². The minimum absolute atomic E-state index is 0.0543. The lowest BCUT2D eigenvalue weighted by atomic mass is 10.1. The van der Waals surface area contributed by atoms with Gasteiger partial charge < -0.3 is 9.64 Å². The minimum atomic E-state index is -4.42. The second kappa shape index (κ2) is 9.37. The second-order valence-corrected chi connectivity index (χ2v) is 6.86. The maximum absolute atomic E-state index is 14.1. The molecule has 3 rings (SSSR count). The molecule has 0 aliphatic carbocycles. The maximum atomic E-state index is 14.1. The van der Waals surface area contributed by atoms with Crippen LogP contribution in [-0.4, -0.2) is 55.1 Å². The van der Waals surface area contributed by atoms with E-state index in [1.165, 1.54) is 35.2 Å². The summed E-state index contributed by atoms with van der Waals surface area (Å²) in [6, 6.07) is 10.4. The number of alkyl halides is 3. The Morgan fingerprint density at radius 1 is 1.03 bits per heavy atom. The Balaban J connectivity index is 1.76. The maximum Gasteiger partial charge on any atom is 0.416 e. The lowest BCUT2D eigenvalue weighted by Gasteiger charge is -2.30. The van der Waals surface area contributed by atoms with Crippen molar-refractivity contribution in [3.05, 3.63) is 71.0 Å². The predicted octanol–water partition coefficient (Wildman–Crippen LogP) is 3.82. The first-order chi connectivity index (χ1) is 13.8. The van der Waals surface area contributed by atoms with Gasteiger partial charge in [0, 0.05) is 32.7 Å². The molecule has 1 aliphatic heterocycles. The lowest BCUT2D eigenvalue weighted by Crippen LogP contribution is -2.43. The van der Waals surface area contributed by atoms with Crippen LogP contribution < -0.4 is 0 Å².